The second kappa shape index (κ2) is 8.78. The van der Waals surface area contributed by atoms with Crippen molar-refractivity contribution in [3.8, 4) is 22.6 Å². The minimum absolute atomic E-state index is 0.373. The number of primary amides is 1. The number of carbonyl (C=O) groups excluding carboxylic acids is 1. The summed E-state index contributed by atoms with van der Waals surface area (Å²) in [4.78, 5) is 12.4. The highest BCUT2D eigenvalue weighted by Crippen LogP contribution is 2.36. The molecule has 1 aliphatic carbocycles. The molecular weight excluding hydrogens is 372 g/mol. The number of rotatable bonds is 6. The van der Waals surface area contributed by atoms with Crippen LogP contribution in [0, 0.1) is 19.8 Å². The Morgan fingerprint density at radius 3 is 2.37 bits per heavy atom. The fourth-order valence-electron chi connectivity index (χ4n) is 4.78. The van der Waals surface area contributed by atoms with Crippen molar-refractivity contribution in [1.82, 2.24) is 4.57 Å². The van der Waals surface area contributed by atoms with E-state index in [-0.39, 0.29) is 5.91 Å². The fourth-order valence-corrected chi connectivity index (χ4v) is 4.78. The van der Waals surface area contributed by atoms with Crippen molar-refractivity contribution in [3.63, 3.8) is 0 Å². The lowest BCUT2D eigenvalue weighted by Gasteiger charge is -2.23. The van der Waals surface area contributed by atoms with Crippen LogP contribution in [0.4, 0.5) is 0 Å². The number of hydrogen-bond acceptors (Lipinski definition) is 2. The molecule has 156 valence electrons. The molecule has 1 saturated carbocycles. The number of para-hydroxylation sites is 1. The van der Waals surface area contributed by atoms with E-state index in [2.05, 4.69) is 11.5 Å². The summed E-state index contributed by atoms with van der Waals surface area (Å²) < 4.78 is 8.32. The molecule has 1 aliphatic rings. The average molecular weight is 403 g/mol. The second-order valence-electron chi connectivity index (χ2n) is 8.34. The molecule has 4 heteroatoms. The number of aromatic nitrogens is 1. The number of nitrogens with two attached hydrogens (primary N) is 1. The lowest BCUT2D eigenvalue weighted by molar-refractivity contribution is 0.1000. The maximum Gasteiger partial charge on any atom is 0.251 e. The van der Waals surface area contributed by atoms with Crippen LogP contribution in [-0.4, -0.2) is 10.5 Å². The summed E-state index contributed by atoms with van der Waals surface area (Å²) in [6.07, 6.45) is 6.47. The van der Waals surface area contributed by atoms with Crippen LogP contribution >= 0.6 is 0 Å². The molecule has 30 heavy (non-hydrogen) atoms. The number of hydrogen-bond donors (Lipinski definition) is 1. The van der Waals surface area contributed by atoms with Crippen LogP contribution in [0.5, 0.6) is 11.5 Å². The highest BCUT2D eigenvalue weighted by Gasteiger charge is 2.25. The Hall–Kier alpha value is -3.01. The fraction of sp³-hybridized carbons (Fsp3) is 0.346. The summed E-state index contributed by atoms with van der Waals surface area (Å²) in [7, 11) is 0. The van der Waals surface area contributed by atoms with Gasteiger partial charge in [0, 0.05) is 23.5 Å². The summed E-state index contributed by atoms with van der Waals surface area (Å²) >= 11 is 0. The molecule has 3 aromatic rings. The van der Waals surface area contributed by atoms with Gasteiger partial charge in [-0.15, -0.1) is 0 Å². The molecule has 0 saturated heterocycles. The number of ether oxygens (including phenoxy) is 1. The predicted octanol–water partition coefficient (Wildman–Crippen LogP) is 6.24. The van der Waals surface area contributed by atoms with Crippen molar-refractivity contribution >= 4 is 5.91 Å². The Labute approximate surface area is 178 Å². The zero-order chi connectivity index (χ0) is 21.1. The molecule has 1 fully saturated rings. The van der Waals surface area contributed by atoms with Crippen LogP contribution in [0.3, 0.4) is 0 Å². The van der Waals surface area contributed by atoms with E-state index in [0.29, 0.717) is 11.5 Å². The largest absolute Gasteiger partial charge is 0.457 e. The zero-order valence-corrected chi connectivity index (χ0v) is 17.9. The summed E-state index contributed by atoms with van der Waals surface area (Å²) in [5.41, 5.74) is 10.4. The molecule has 2 N–H and O–H groups in total. The molecule has 0 aliphatic heterocycles. The number of nitrogens with zero attached hydrogens (tertiary/aromatic N) is 1. The van der Waals surface area contributed by atoms with Crippen molar-refractivity contribution in [2.75, 3.05) is 0 Å². The van der Waals surface area contributed by atoms with Gasteiger partial charge in [-0.05, 0) is 62.4 Å². The maximum atomic E-state index is 12.4. The third kappa shape index (κ3) is 4.13. The van der Waals surface area contributed by atoms with Gasteiger partial charge in [-0.2, -0.15) is 0 Å². The minimum Gasteiger partial charge on any atom is -0.457 e. The zero-order valence-electron chi connectivity index (χ0n) is 17.9. The Balaban J connectivity index is 1.72. The molecule has 1 heterocycles. The van der Waals surface area contributed by atoms with Gasteiger partial charge in [0.1, 0.15) is 11.5 Å². The van der Waals surface area contributed by atoms with Gasteiger partial charge in [-0.1, -0.05) is 49.6 Å². The Morgan fingerprint density at radius 1 is 0.967 bits per heavy atom. The second-order valence-corrected chi connectivity index (χ2v) is 8.34. The van der Waals surface area contributed by atoms with Crippen molar-refractivity contribution in [1.29, 1.82) is 0 Å². The summed E-state index contributed by atoms with van der Waals surface area (Å²) in [6, 6.07) is 17.6. The van der Waals surface area contributed by atoms with Crippen LogP contribution in [0.15, 0.2) is 54.6 Å². The predicted molar refractivity (Wildman–Crippen MR) is 121 cm³/mol. The Bertz CT molecular complexity index is 1030. The molecule has 1 aromatic heterocycles. The van der Waals surface area contributed by atoms with Crippen LogP contribution in [0.2, 0.25) is 0 Å². The maximum absolute atomic E-state index is 12.4. The highest BCUT2D eigenvalue weighted by molar-refractivity contribution is 6.02. The van der Waals surface area contributed by atoms with Crippen LogP contribution < -0.4 is 10.5 Å². The lowest BCUT2D eigenvalue weighted by Crippen LogP contribution is -2.17. The van der Waals surface area contributed by atoms with Gasteiger partial charge in [0.25, 0.3) is 5.91 Å². The quantitative estimate of drug-likeness (QED) is 0.530. The van der Waals surface area contributed by atoms with Gasteiger partial charge in [0.15, 0.2) is 0 Å². The van der Waals surface area contributed by atoms with Crippen molar-refractivity contribution < 1.29 is 9.53 Å². The molecule has 0 atom stereocenters. The molecular formula is C26H30N2O2. The van der Waals surface area contributed by atoms with E-state index in [1.807, 2.05) is 61.5 Å². The number of amides is 1. The van der Waals surface area contributed by atoms with Gasteiger partial charge in [0.05, 0.1) is 5.56 Å². The molecule has 1 amide bonds. The monoisotopic (exact) mass is 402 g/mol. The first-order valence-corrected chi connectivity index (χ1v) is 10.9. The van der Waals surface area contributed by atoms with Gasteiger partial charge in [-0.25, -0.2) is 0 Å². The lowest BCUT2D eigenvalue weighted by atomic mass is 9.89. The van der Waals surface area contributed by atoms with Crippen molar-refractivity contribution in [2.24, 2.45) is 11.7 Å². The molecule has 2 aromatic carbocycles. The van der Waals surface area contributed by atoms with Gasteiger partial charge >= 0.3 is 0 Å². The first-order valence-electron chi connectivity index (χ1n) is 10.9. The first kappa shape index (κ1) is 20.3. The summed E-state index contributed by atoms with van der Waals surface area (Å²) in [5, 5.41) is 0. The molecule has 4 rings (SSSR count). The molecule has 0 unspecified atom stereocenters. The molecule has 4 nitrogen and oxygen atoms in total. The smallest absolute Gasteiger partial charge is 0.251 e. The first-order chi connectivity index (χ1) is 14.5. The van der Waals surface area contributed by atoms with Gasteiger partial charge in [-0.3, -0.25) is 4.79 Å². The van der Waals surface area contributed by atoms with Crippen molar-refractivity contribution in [2.45, 2.75) is 52.5 Å². The Morgan fingerprint density at radius 2 is 1.67 bits per heavy atom. The average Bonchev–Trinajstić information content (AvgIpc) is 3.00. The number of benzene rings is 2. The van der Waals surface area contributed by atoms with E-state index < -0.39 is 0 Å². The normalized spacial score (nSPS) is 14.6. The topological polar surface area (TPSA) is 57.3 Å². The van der Waals surface area contributed by atoms with E-state index in [1.165, 1.54) is 32.1 Å². The SMILES string of the molecule is Cc1c(C(N)=O)c(-c2cccc(Oc3ccccc3)c2)c(C)n1CC1CCCCC1. The standard InChI is InChI=1S/C26H30N2O2/c1-18-24(21-12-9-15-23(16-21)30-22-13-7-4-8-14-22)25(26(27)29)19(2)28(18)17-20-10-5-3-6-11-20/h4,7-9,12-16,20H,3,5-6,10-11,17H2,1-2H3,(H2,27,29). The van der Waals surface area contributed by atoms with E-state index >= 15 is 0 Å². The third-order valence-corrected chi connectivity index (χ3v) is 6.30. The van der Waals surface area contributed by atoms with E-state index in [1.54, 1.807) is 0 Å². The highest BCUT2D eigenvalue weighted by atomic mass is 16.5. The summed E-state index contributed by atoms with van der Waals surface area (Å²) in [6.45, 7) is 5.07. The summed E-state index contributed by atoms with van der Waals surface area (Å²) in [5.74, 6) is 1.82. The van der Waals surface area contributed by atoms with E-state index in [0.717, 1.165) is 40.6 Å². The van der Waals surface area contributed by atoms with E-state index in [4.69, 9.17) is 10.5 Å². The Kier molecular flexibility index (Phi) is 5.93. The molecule has 0 spiro atoms. The van der Waals surface area contributed by atoms with Gasteiger partial charge < -0.3 is 15.0 Å². The third-order valence-electron chi connectivity index (χ3n) is 6.30. The van der Waals surface area contributed by atoms with Crippen molar-refractivity contribution in [3.05, 3.63) is 71.5 Å². The molecule has 0 radical (unpaired) electrons. The molecule has 0 bridgehead atoms. The van der Waals surface area contributed by atoms with Crippen LogP contribution in [0.1, 0.15) is 53.8 Å². The van der Waals surface area contributed by atoms with Crippen LogP contribution in [0.25, 0.3) is 11.1 Å². The van der Waals surface area contributed by atoms with Crippen LogP contribution in [-0.2, 0) is 6.54 Å². The van der Waals surface area contributed by atoms with Gasteiger partial charge in [0.2, 0.25) is 0 Å². The van der Waals surface area contributed by atoms with E-state index in [9.17, 15) is 4.79 Å². The number of carbonyl (C=O) groups is 1. The minimum atomic E-state index is -0.373.